The number of fused-ring (bicyclic) bond motifs is 1. The average molecular weight is 412 g/mol. The summed E-state index contributed by atoms with van der Waals surface area (Å²) >= 11 is 0. The van der Waals surface area contributed by atoms with Crippen LogP contribution in [0.15, 0.2) is 30.9 Å². The van der Waals surface area contributed by atoms with E-state index in [4.69, 9.17) is 9.72 Å². The zero-order valence-electron chi connectivity index (χ0n) is 17.4. The first kappa shape index (κ1) is 21.3. The van der Waals surface area contributed by atoms with Crippen LogP contribution in [-0.2, 0) is 11.8 Å². The highest BCUT2D eigenvalue weighted by molar-refractivity contribution is 5.92. The highest BCUT2D eigenvalue weighted by Crippen LogP contribution is 2.27. The molecule has 0 saturated heterocycles. The van der Waals surface area contributed by atoms with Crippen LogP contribution in [0, 0.1) is 11.8 Å². The van der Waals surface area contributed by atoms with Crippen molar-refractivity contribution in [3.05, 3.63) is 30.9 Å². The first-order valence-corrected chi connectivity index (χ1v) is 9.84. The van der Waals surface area contributed by atoms with Gasteiger partial charge < -0.3 is 4.74 Å². The normalized spacial score (nSPS) is 13.7. The monoisotopic (exact) mass is 412 g/mol. The van der Waals surface area contributed by atoms with Crippen LogP contribution in [-0.4, -0.2) is 48.6 Å². The Kier molecular flexibility index (Phi) is 7.01. The molecule has 0 atom stereocenters. The Morgan fingerprint density at radius 1 is 1.27 bits per heavy atom. The fraction of sp³-hybridized carbons (Fsp3) is 0.429. The van der Waals surface area contributed by atoms with Crippen molar-refractivity contribution in [2.45, 2.75) is 45.1 Å². The Labute approximate surface area is 174 Å². The van der Waals surface area contributed by atoms with Gasteiger partial charge in [-0.3, -0.25) is 9.48 Å². The summed E-state index contributed by atoms with van der Waals surface area (Å²) in [5.41, 5.74) is 2.71. The lowest BCUT2D eigenvalue weighted by atomic mass is 9.98. The second-order valence-corrected chi connectivity index (χ2v) is 7.03. The maximum Gasteiger partial charge on any atom is 0.325 e. The molecule has 9 heteroatoms. The molecular formula is C21H25FN6O2. The van der Waals surface area contributed by atoms with Crippen molar-refractivity contribution in [1.29, 1.82) is 0 Å². The second-order valence-electron chi connectivity index (χ2n) is 7.03. The van der Waals surface area contributed by atoms with Gasteiger partial charge in [-0.1, -0.05) is 16.8 Å². The predicted octanol–water partition coefficient (Wildman–Crippen LogP) is 3.19. The smallest absolute Gasteiger partial charge is 0.325 e. The molecular weight excluding hydrogens is 387 g/mol. The van der Waals surface area contributed by atoms with Gasteiger partial charge in [0.25, 0.3) is 0 Å². The van der Waals surface area contributed by atoms with Gasteiger partial charge in [-0.05, 0) is 44.6 Å². The molecule has 1 amide bonds. The van der Waals surface area contributed by atoms with Crippen molar-refractivity contribution in [2.24, 2.45) is 7.05 Å². The van der Waals surface area contributed by atoms with E-state index in [1.165, 1.54) is 26.2 Å². The maximum absolute atomic E-state index is 11.7. The highest BCUT2D eigenvalue weighted by atomic mass is 19.2. The Hall–Kier alpha value is -3.41. The van der Waals surface area contributed by atoms with Crippen LogP contribution in [0.1, 0.15) is 39.0 Å². The van der Waals surface area contributed by atoms with E-state index in [-0.39, 0.29) is 11.2 Å². The predicted molar refractivity (Wildman–Crippen MR) is 110 cm³/mol. The van der Waals surface area contributed by atoms with Crippen LogP contribution in [0.4, 0.5) is 4.48 Å². The fourth-order valence-electron chi connectivity index (χ4n) is 3.20. The minimum absolute atomic E-state index is 0.0590. The molecule has 3 aromatic rings. The molecule has 1 aliphatic rings. The average Bonchev–Trinajstić information content (AvgIpc) is 3.38. The molecule has 4 rings (SSSR count). The third kappa shape index (κ3) is 5.35. The summed E-state index contributed by atoms with van der Waals surface area (Å²) in [4.78, 5) is 14.8. The minimum Gasteiger partial charge on any atom is -0.473 e. The summed E-state index contributed by atoms with van der Waals surface area (Å²) in [7, 11) is 2.90. The van der Waals surface area contributed by atoms with Gasteiger partial charge in [0.15, 0.2) is 0 Å². The van der Waals surface area contributed by atoms with Crippen LogP contribution in [0.5, 0.6) is 5.88 Å². The number of rotatable bonds is 3. The van der Waals surface area contributed by atoms with Crippen LogP contribution < -0.4 is 4.74 Å². The van der Waals surface area contributed by atoms with Crippen LogP contribution in [0.2, 0.25) is 0 Å². The molecule has 3 aromatic heterocycles. The number of ether oxygens (including phenoxy) is 1. The number of hydrogen-bond donors (Lipinski definition) is 0. The quantitative estimate of drug-likeness (QED) is 0.488. The molecule has 30 heavy (non-hydrogen) atoms. The van der Waals surface area contributed by atoms with Crippen molar-refractivity contribution in [2.75, 3.05) is 7.05 Å². The summed E-state index contributed by atoms with van der Waals surface area (Å²) in [6.07, 6.45) is 13.7. The number of aryl methyl sites for hydroxylation is 1. The Morgan fingerprint density at radius 3 is 2.63 bits per heavy atom. The Balaban J connectivity index is 0.000000275. The van der Waals surface area contributed by atoms with Crippen molar-refractivity contribution in [3.8, 4) is 29.0 Å². The number of hydrogen-bond acceptors (Lipinski definition) is 5. The standard InChI is InChI=1S/C16H19N5O.C5H6FNO/c1-20-10-12(9-18-20)14-11-21-15(7-8-17-21)16(19-14)22-13-5-3-2-4-6-13;1-3-4-5(8)7(2)6/h7-11,13H,2-6H2,1H3;1-2H3. The molecule has 1 saturated carbocycles. The van der Waals surface area contributed by atoms with Crippen LogP contribution in [0.25, 0.3) is 16.8 Å². The van der Waals surface area contributed by atoms with Gasteiger partial charge in [0, 0.05) is 25.9 Å². The van der Waals surface area contributed by atoms with Crippen molar-refractivity contribution < 1.29 is 14.0 Å². The number of aromatic nitrogens is 5. The van der Waals surface area contributed by atoms with Gasteiger partial charge in [0.1, 0.15) is 11.6 Å². The lowest BCUT2D eigenvalue weighted by Crippen LogP contribution is -2.20. The number of halogens is 1. The van der Waals surface area contributed by atoms with Crippen molar-refractivity contribution in [1.82, 2.24) is 29.5 Å². The molecule has 0 bridgehead atoms. The molecule has 1 fully saturated rings. The molecule has 8 nitrogen and oxygen atoms in total. The minimum atomic E-state index is -0.812. The molecule has 1 aliphatic carbocycles. The Morgan fingerprint density at radius 2 is 2.03 bits per heavy atom. The lowest BCUT2D eigenvalue weighted by Gasteiger charge is -2.22. The van der Waals surface area contributed by atoms with E-state index in [9.17, 15) is 9.28 Å². The SMILES string of the molecule is CC#CC(=O)N(C)F.Cn1cc(-c2cn3nccc3c(OC3CCCCC3)n2)cn1. The lowest BCUT2D eigenvalue weighted by molar-refractivity contribution is -0.136. The maximum atomic E-state index is 11.7. The third-order valence-corrected chi connectivity index (χ3v) is 4.70. The largest absolute Gasteiger partial charge is 0.473 e. The first-order valence-electron chi connectivity index (χ1n) is 9.84. The van der Waals surface area contributed by atoms with E-state index in [0.717, 1.165) is 36.7 Å². The van der Waals surface area contributed by atoms with Gasteiger partial charge in [0.2, 0.25) is 5.88 Å². The topological polar surface area (TPSA) is 77.6 Å². The van der Waals surface area contributed by atoms with Gasteiger partial charge in [0.05, 0.1) is 24.3 Å². The molecule has 0 unspecified atom stereocenters. The van der Waals surface area contributed by atoms with Gasteiger partial charge in [-0.2, -0.15) is 15.3 Å². The van der Waals surface area contributed by atoms with Gasteiger partial charge in [-0.25, -0.2) is 9.50 Å². The molecule has 158 valence electrons. The van der Waals surface area contributed by atoms with Gasteiger partial charge in [-0.15, -0.1) is 0 Å². The summed E-state index contributed by atoms with van der Waals surface area (Å²) < 4.78 is 21.5. The van der Waals surface area contributed by atoms with Crippen molar-refractivity contribution in [3.63, 3.8) is 0 Å². The molecule has 0 radical (unpaired) electrons. The highest BCUT2D eigenvalue weighted by Gasteiger charge is 2.18. The summed E-state index contributed by atoms with van der Waals surface area (Å²) in [6.45, 7) is 1.47. The first-order chi connectivity index (χ1) is 14.5. The molecule has 0 N–H and O–H groups in total. The van der Waals surface area contributed by atoms with E-state index in [2.05, 4.69) is 16.1 Å². The van der Waals surface area contributed by atoms with E-state index in [0.29, 0.717) is 5.88 Å². The summed E-state index contributed by atoms with van der Waals surface area (Å²) in [6, 6.07) is 1.94. The number of carbonyl (C=O) groups excluding carboxylic acids is 1. The van der Waals surface area contributed by atoms with E-state index >= 15 is 0 Å². The molecule has 0 aromatic carbocycles. The Bertz CT molecular complexity index is 1060. The van der Waals surface area contributed by atoms with Crippen LogP contribution in [0.3, 0.4) is 0 Å². The number of nitrogens with zero attached hydrogens (tertiary/aromatic N) is 6. The second kappa shape index (κ2) is 9.87. The number of amides is 1. The molecule has 3 heterocycles. The molecule has 0 aliphatic heterocycles. The third-order valence-electron chi connectivity index (χ3n) is 4.70. The fourth-order valence-corrected chi connectivity index (χ4v) is 3.20. The van der Waals surface area contributed by atoms with Gasteiger partial charge >= 0.3 is 5.91 Å². The van der Waals surface area contributed by atoms with E-state index in [1.54, 1.807) is 10.9 Å². The zero-order valence-corrected chi connectivity index (χ0v) is 17.4. The zero-order chi connectivity index (χ0) is 21.5. The summed E-state index contributed by atoms with van der Waals surface area (Å²) in [5.74, 6) is 4.13. The van der Waals surface area contributed by atoms with E-state index < -0.39 is 5.91 Å². The summed E-state index contributed by atoms with van der Waals surface area (Å²) in [5, 5.41) is 8.49. The number of carbonyl (C=O) groups is 1. The molecule has 0 spiro atoms. The van der Waals surface area contributed by atoms with Crippen LogP contribution >= 0.6 is 0 Å². The van der Waals surface area contributed by atoms with E-state index in [1.807, 2.05) is 42.1 Å². The van der Waals surface area contributed by atoms with Crippen molar-refractivity contribution >= 4 is 11.4 Å².